The molecule has 0 unspecified atom stereocenters. The smallest absolute Gasteiger partial charge is 0.169 e. The fourth-order valence-electron chi connectivity index (χ4n) is 1.09. The zero-order chi connectivity index (χ0) is 11.1. The van der Waals surface area contributed by atoms with Crippen molar-refractivity contribution in [2.45, 2.75) is 19.8 Å². The Hall–Kier alpha value is -1.04. The molecule has 0 fully saturated rings. The predicted molar refractivity (Wildman–Crippen MR) is 56.3 cm³/mol. The number of methoxy groups -OCH3 is 2. The third kappa shape index (κ3) is 4.33. The highest BCUT2D eigenvalue weighted by Crippen LogP contribution is 1.94. The summed E-state index contributed by atoms with van der Waals surface area (Å²) in [6.07, 6.45) is 3.29. The molecule has 1 heterocycles. The molecule has 84 valence electrons. The van der Waals surface area contributed by atoms with E-state index in [9.17, 15) is 0 Å². The Labute approximate surface area is 89.8 Å². The molecule has 5 nitrogen and oxygen atoms in total. The number of nitrogens with one attached hydrogen (secondary N) is 1. The van der Waals surface area contributed by atoms with Crippen molar-refractivity contribution in [1.29, 1.82) is 0 Å². The van der Waals surface area contributed by atoms with Crippen molar-refractivity contribution in [2.24, 2.45) is 0 Å². The fourth-order valence-corrected chi connectivity index (χ4v) is 1.09. The number of hydrogen-bond donors (Lipinski definition) is 1. The summed E-state index contributed by atoms with van der Waals surface area (Å²) in [5.74, 6) is 0. The minimum atomic E-state index is -0.219. The van der Waals surface area contributed by atoms with Crippen LogP contribution in [0, 0.1) is 6.92 Å². The minimum absolute atomic E-state index is 0.219. The highest BCUT2D eigenvalue weighted by atomic mass is 16.7. The van der Waals surface area contributed by atoms with Gasteiger partial charge in [-0.05, 0) is 6.92 Å². The zero-order valence-corrected chi connectivity index (χ0v) is 9.36. The van der Waals surface area contributed by atoms with Crippen LogP contribution < -0.4 is 5.32 Å². The lowest BCUT2D eigenvalue weighted by molar-refractivity contribution is -0.0989. The van der Waals surface area contributed by atoms with Gasteiger partial charge in [0.2, 0.25) is 0 Å². The predicted octanol–water partition coefficient (Wildman–Crippen LogP) is 0.494. The molecule has 1 aromatic rings. The quantitative estimate of drug-likeness (QED) is 0.694. The molecule has 15 heavy (non-hydrogen) atoms. The van der Waals surface area contributed by atoms with Gasteiger partial charge in [0.15, 0.2) is 6.29 Å². The maximum atomic E-state index is 5.04. The van der Waals surface area contributed by atoms with Crippen LogP contribution in [0.3, 0.4) is 0 Å². The molecule has 1 aromatic heterocycles. The monoisotopic (exact) mass is 211 g/mol. The van der Waals surface area contributed by atoms with Crippen molar-refractivity contribution in [3.05, 3.63) is 23.8 Å². The molecular formula is C10H17N3O2. The van der Waals surface area contributed by atoms with Gasteiger partial charge in [-0.25, -0.2) is 0 Å². The van der Waals surface area contributed by atoms with E-state index in [-0.39, 0.29) is 6.29 Å². The van der Waals surface area contributed by atoms with Gasteiger partial charge in [-0.3, -0.25) is 9.97 Å². The molecule has 0 atom stereocenters. The summed E-state index contributed by atoms with van der Waals surface area (Å²) >= 11 is 0. The third-order valence-electron chi connectivity index (χ3n) is 1.98. The first-order chi connectivity index (χ1) is 7.26. The van der Waals surface area contributed by atoms with Crippen LogP contribution in [0.25, 0.3) is 0 Å². The van der Waals surface area contributed by atoms with Gasteiger partial charge in [-0.1, -0.05) is 0 Å². The van der Waals surface area contributed by atoms with E-state index in [2.05, 4.69) is 15.3 Å². The summed E-state index contributed by atoms with van der Waals surface area (Å²) in [6, 6.07) is 0. The molecule has 0 amide bonds. The first-order valence-electron chi connectivity index (χ1n) is 4.80. The van der Waals surface area contributed by atoms with Gasteiger partial charge < -0.3 is 14.8 Å². The fraction of sp³-hybridized carbons (Fsp3) is 0.600. The van der Waals surface area contributed by atoms with Crippen LogP contribution in [-0.4, -0.2) is 37.0 Å². The van der Waals surface area contributed by atoms with Gasteiger partial charge in [0.1, 0.15) is 0 Å². The summed E-state index contributed by atoms with van der Waals surface area (Å²) in [5, 5.41) is 3.17. The molecule has 0 aliphatic heterocycles. The molecule has 1 N–H and O–H groups in total. The Morgan fingerprint density at radius 1 is 1.27 bits per heavy atom. The number of ether oxygens (including phenoxy) is 2. The second kappa shape index (κ2) is 6.44. The molecule has 1 rings (SSSR count). The molecule has 0 aliphatic carbocycles. The van der Waals surface area contributed by atoms with E-state index in [0.29, 0.717) is 13.1 Å². The number of hydrogen-bond acceptors (Lipinski definition) is 5. The highest BCUT2D eigenvalue weighted by molar-refractivity contribution is 5.00. The molecule has 0 spiro atoms. The summed E-state index contributed by atoms with van der Waals surface area (Å²) in [7, 11) is 3.23. The lowest BCUT2D eigenvalue weighted by Crippen LogP contribution is -2.29. The molecule has 0 saturated heterocycles. The van der Waals surface area contributed by atoms with Crippen molar-refractivity contribution in [3.63, 3.8) is 0 Å². The van der Waals surface area contributed by atoms with E-state index >= 15 is 0 Å². The van der Waals surface area contributed by atoms with Crippen LogP contribution in [0.4, 0.5) is 0 Å². The van der Waals surface area contributed by atoms with E-state index in [1.165, 1.54) is 0 Å². The van der Waals surface area contributed by atoms with Crippen molar-refractivity contribution >= 4 is 0 Å². The highest BCUT2D eigenvalue weighted by Gasteiger charge is 2.03. The number of nitrogens with zero attached hydrogens (tertiary/aromatic N) is 2. The Kier molecular flexibility index (Phi) is 5.17. The zero-order valence-electron chi connectivity index (χ0n) is 9.36. The lowest BCUT2D eigenvalue weighted by Gasteiger charge is -2.13. The standard InChI is InChI=1S/C10H17N3O2/c1-8-4-13-9(6-12-8)5-11-7-10(14-2)15-3/h4,6,10-11H,5,7H2,1-3H3. The van der Waals surface area contributed by atoms with Gasteiger partial charge in [0, 0.05) is 39.7 Å². The molecule has 0 saturated carbocycles. The van der Waals surface area contributed by atoms with Crippen LogP contribution in [0.2, 0.25) is 0 Å². The number of rotatable bonds is 6. The van der Waals surface area contributed by atoms with Crippen LogP contribution in [0.5, 0.6) is 0 Å². The van der Waals surface area contributed by atoms with Crippen LogP contribution >= 0.6 is 0 Å². The largest absolute Gasteiger partial charge is 0.355 e. The van der Waals surface area contributed by atoms with E-state index in [4.69, 9.17) is 9.47 Å². The van der Waals surface area contributed by atoms with Crippen molar-refractivity contribution in [1.82, 2.24) is 15.3 Å². The lowest BCUT2D eigenvalue weighted by atomic mass is 10.4. The molecule has 0 radical (unpaired) electrons. The molecular weight excluding hydrogens is 194 g/mol. The topological polar surface area (TPSA) is 56.3 Å². The molecule has 0 aromatic carbocycles. The molecule has 5 heteroatoms. The number of aryl methyl sites for hydroxylation is 1. The van der Waals surface area contributed by atoms with Gasteiger partial charge >= 0.3 is 0 Å². The Balaban J connectivity index is 2.28. The van der Waals surface area contributed by atoms with Gasteiger partial charge in [-0.15, -0.1) is 0 Å². The van der Waals surface area contributed by atoms with Crippen LogP contribution in [0.15, 0.2) is 12.4 Å². The van der Waals surface area contributed by atoms with Crippen molar-refractivity contribution < 1.29 is 9.47 Å². The van der Waals surface area contributed by atoms with Gasteiger partial charge in [0.25, 0.3) is 0 Å². The van der Waals surface area contributed by atoms with Gasteiger partial charge in [0.05, 0.1) is 11.4 Å². The second-order valence-corrected chi connectivity index (χ2v) is 3.18. The van der Waals surface area contributed by atoms with Crippen LogP contribution in [0.1, 0.15) is 11.4 Å². The summed E-state index contributed by atoms with van der Waals surface area (Å²) < 4.78 is 10.1. The first kappa shape index (κ1) is 12.0. The van der Waals surface area contributed by atoms with E-state index in [0.717, 1.165) is 11.4 Å². The number of aromatic nitrogens is 2. The average molecular weight is 211 g/mol. The maximum absolute atomic E-state index is 5.04. The maximum Gasteiger partial charge on any atom is 0.169 e. The van der Waals surface area contributed by atoms with Crippen molar-refractivity contribution in [3.8, 4) is 0 Å². The van der Waals surface area contributed by atoms with E-state index in [1.807, 2.05) is 6.92 Å². The second-order valence-electron chi connectivity index (χ2n) is 3.18. The first-order valence-corrected chi connectivity index (χ1v) is 4.80. The summed E-state index contributed by atoms with van der Waals surface area (Å²) in [4.78, 5) is 8.37. The SMILES string of the molecule is COC(CNCc1cnc(C)cn1)OC. The van der Waals surface area contributed by atoms with Crippen LogP contribution in [-0.2, 0) is 16.0 Å². The normalized spacial score (nSPS) is 10.9. The Bertz CT molecular complexity index is 273. The van der Waals surface area contributed by atoms with Gasteiger partial charge in [-0.2, -0.15) is 0 Å². The van der Waals surface area contributed by atoms with E-state index < -0.39 is 0 Å². The summed E-state index contributed by atoms with van der Waals surface area (Å²) in [5.41, 5.74) is 1.83. The Morgan fingerprint density at radius 3 is 2.53 bits per heavy atom. The third-order valence-corrected chi connectivity index (χ3v) is 1.98. The summed E-state index contributed by atoms with van der Waals surface area (Å²) in [6.45, 7) is 3.20. The van der Waals surface area contributed by atoms with E-state index in [1.54, 1.807) is 26.6 Å². The average Bonchev–Trinajstić information content (AvgIpc) is 2.27. The Morgan fingerprint density at radius 2 is 2.00 bits per heavy atom. The minimum Gasteiger partial charge on any atom is -0.355 e. The van der Waals surface area contributed by atoms with Crippen molar-refractivity contribution in [2.75, 3.05) is 20.8 Å². The molecule has 0 bridgehead atoms. The molecule has 0 aliphatic rings.